The summed E-state index contributed by atoms with van der Waals surface area (Å²) in [5.41, 5.74) is 1.12. The molecular weight excluding hydrogens is 320 g/mol. The number of hydrogen-bond donors (Lipinski definition) is 2. The zero-order valence-corrected chi connectivity index (χ0v) is 14.4. The molecule has 0 aromatic heterocycles. The van der Waals surface area contributed by atoms with Crippen molar-refractivity contribution in [3.05, 3.63) is 28.8 Å². The average Bonchev–Trinajstić information content (AvgIpc) is 2.97. The van der Waals surface area contributed by atoms with Gasteiger partial charge in [-0.2, -0.15) is 0 Å². The molecule has 0 atom stereocenters. The van der Waals surface area contributed by atoms with Crippen molar-refractivity contribution in [2.45, 2.75) is 44.6 Å². The number of carbonyl (C=O) groups excluding carboxylic acids is 1. The summed E-state index contributed by atoms with van der Waals surface area (Å²) in [6.07, 6.45) is 5.73. The van der Waals surface area contributed by atoms with Crippen LogP contribution in [-0.4, -0.2) is 23.7 Å². The van der Waals surface area contributed by atoms with Crippen molar-refractivity contribution in [1.82, 2.24) is 5.32 Å². The fourth-order valence-electron chi connectivity index (χ4n) is 2.88. The topological polar surface area (TPSA) is 50.4 Å². The van der Waals surface area contributed by atoms with E-state index in [4.69, 9.17) is 28.6 Å². The number of rotatable bonds is 4. The van der Waals surface area contributed by atoms with Crippen LogP contribution in [0.25, 0.3) is 0 Å². The summed E-state index contributed by atoms with van der Waals surface area (Å²) in [5.74, 6) is -0.403. The standard InChI is InChI=1S/C16H21ClN2O2S/c1-3-16(8-4-5-9-16)19-15(22)18-13-10-11(14(20)21-2)6-7-12(13)17/h6-7,10H,3-5,8-9H2,1-2H3,(H2,18,19,22). The van der Waals surface area contributed by atoms with Gasteiger partial charge >= 0.3 is 5.97 Å². The normalized spacial score (nSPS) is 16.1. The highest BCUT2D eigenvalue weighted by molar-refractivity contribution is 7.80. The van der Waals surface area contributed by atoms with Gasteiger partial charge in [0.15, 0.2) is 5.11 Å². The van der Waals surface area contributed by atoms with E-state index < -0.39 is 5.97 Å². The summed E-state index contributed by atoms with van der Waals surface area (Å²) in [5, 5.41) is 7.57. The molecule has 2 rings (SSSR count). The first-order valence-corrected chi connectivity index (χ1v) is 8.25. The Balaban J connectivity index is 2.09. The van der Waals surface area contributed by atoms with Crippen molar-refractivity contribution in [2.24, 2.45) is 0 Å². The summed E-state index contributed by atoms with van der Waals surface area (Å²) in [4.78, 5) is 11.6. The maximum Gasteiger partial charge on any atom is 0.337 e. The van der Waals surface area contributed by atoms with Gasteiger partial charge in [-0.05, 0) is 49.7 Å². The Morgan fingerprint density at radius 2 is 2.09 bits per heavy atom. The fourth-order valence-corrected chi connectivity index (χ4v) is 3.37. The van der Waals surface area contributed by atoms with Crippen molar-refractivity contribution in [3.63, 3.8) is 0 Å². The second-order valence-electron chi connectivity index (χ2n) is 5.61. The highest BCUT2D eigenvalue weighted by atomic mass is 35.5. The van der Waals surface area contributed by atoms with E-state index in [0.717, 1.165) is 19.3 Å². The fraction of sp³-hybridized carbons (Fsp3) is 0.500. The van der Waals surface area contributed by atoms with Crippen molar-refractivity contribution in [3.8, 4) is 0 Å². The quantitative estimate of drug-likeness (QED) is 0.637. The third-order valence-corrected chi connectivity index (χ3v) is 4.79. The third kappa shape index (κ3) is 3.90. The van der Waals surface area contributed by atoms with E-state index in [2.05, 4.69) is 17.6 Å². The third-order valence-electron chi connectivity index (χ3n) is 4.25. The van der Waals surface area contributed by atoms with Gasteiger partial charge in [0, 0.05) is 5.54 Å². The number of benzene rings is 1. The Hall–Kier alpha value is -1.33. The highest BCUT2D eigenvalue weighted by Crippen LogP contribution is 2.32. The van der Waals surface area contributed by atoms with Gasteiger partial charge in [-0.25, -0.2) is 4.79 Å². The molecule has 2 N–H and O–H groups in total. The number of thiocarbonyl (C=S) groups is 1. The predicted octanol–water partition coefficient (Wildman–Crippen LogP) is 4.14. The maximum atomic E-state index is 11.6. The van der Waals surface area contributed by atoms with Gasteiger partial charge in [-0.3, -0.25) is 0 Å². The molecule has 1 aromatic rings. The van der Waals surface area contributed by atoms with Crippen LogP contribution in [-0.2, 0) is 4.74 Å². The number of halogens is 1. The Morgan fingerprint density at radius 1 is 1.41 bits per heavy atom. The summed E-state index contributed by atoms with van der Waals surface area (Å²) < 4.78 is 4.72. The summed E-state index contributed by atoms with van der Waals surface area (Å²) >= 11 is 11.6. The minimum Gasteiger partial charge on any atom is -0.465 e. The largest absolute Gasteiger partial charge is 0.465 e. The molecule has 0 amide bonds. The Labute approximate surface area is 141 Å². The van der Waals surface area contributed by atoms with E-state index in [1.54, 1.807) is 18.2 Å². The molecule has 0 saturated heterocycles. The SMILES string of the molecule is CCC1(NC(=S)Nc2cc(C(=O)OC)ccc2Cl)CCCC1. The number of ether oxygens (including phenoxy) is 1. The molecular formula is C16H21ClN2O2S. The van der Waals surface area contributed by atoms with E-state index >= 15 is 0 Å². The van der Waals surface area contributed by atoms with Crippen molar-refractivity contribution in [2.75, 3.05) is 12.4 Å². The van der Waals surface area contributed by atoms with E-state index in [1.165, 1.54) is 20.0 Å². The lowest BCUT2D eigenvalue weighted by molar-refractivity contribution is 0.0601. The van der Waals surface area contributed by atoms with Crippen LogP contribution < -0.4 is 10.6 Å². The molecule has 6 heteroatoms. The zero-order valence-electron chi connectivity index (χ0n) is 12.9. The maximum absolute atomic E-state index is 11.6. The van der Waals surface area contributed by atoms with Crippen LogP contribution in [0.5, 0.6) is 0 Å². The van der Waals surface area contributed by atoms with Crippen LogP contribution in [0.3, 0.4) is 0 Å². The van der Waals surface area contributed by atoms with Crippen molar-refractivity contribution in [1.29, 1.82) is 0 Å². The molecule has 1 aliphatic rings. The minimum atomic E-state index is -0.403. The van der Waals surface area contributed by atoms with Gasteiger partial charge < -0.3 is 15.4 Å². The van der Waals surface area contributed by atoms with E-state index in [0.29, 0.717) is 21.4 Å². The number of esters is 1. The van der Waals surface area contributed by atoms with Crippen molar-refractivity contribution < 1.29 is 9.53 Å². The number of nitrogens with one attached hydrogen (secondary N) is 2. The van der Waals surface area contributed by atoms with Gasteiger partial charge in [-0.15, -0.1) is 0 Å². The second-order valence-corrected chi connectivity index (χ2v) is 6.42. The van der Waals surface area contributed by atoms with Crippen LogP contribution in [0.2, 0.25) is 5.02 Å². The smallest absolute Gasteiger partial charge is 0.337 e. The first-order valence-electron chi connectivity index (χ1n) is 7.47. The molecule has 1 fully saturated rings. The molecule has 1 aromatic carbocycles. The average molecular weight is 341 g/mol. The van der Waals surface area contributed by atoms with Crippen LogP contribution in [0.1, 0.15) is 49.4 Å². The molecule has 120 valence electrons. The first kappa shape index (κ1) is 17.0. The number of methoxy groups -OCH3 is 1. The highest BCUT2D eigenvalue weighted by Gasteiger charge is 2.32. The lowest BCUT2D eigenvalue weighted by Gasteiger charge is -2.30. The van der Waals surface area contributed by atoms with E-state index in [1.807, 2.05) is 0 Å². The van der Waals surface area contributed by atoms with Gasteiger partial charge in [0.2, 0.25) is 0 Å². The van der Waals surface area contributed by atoms with Crippen LogP contribution in [0.4, 0.5) is 5.69 Å². The van der Waals surface area contributed by atoms with Gasteiger partial charge in [0.05, 0.1) is 23.4 Å². The van der Waals surface area contributed by atoms with E-state index in [9.17, 15) is 4.79 Å². The molecule has 0 radical (unpaired) electrons. The predicted molar refractivity (Wildman–Crippen MR) is 93.6 cm³/mol. The van der Waals surface area contributed by atoms with Crippen LogP contribution >= 0.6 is 23.8 Å². The molecule has 1 saturated carbocycles. The summed E-state index contributed by atoms with van der Waals surface area (Å²) in [7, 11) is 1.35. The lowest BCUT2D eigenvalue weighted by Crippen LogP contribution is -2.47. The van der Waals surface area contributed by atoms with Crippen LogP contribution in [0, 0.1) is 0 Å². The second kappa shape index (κ2) is 7.29. The zero-order chi connectivity index (χ0) is 16.2. The molecule has 0 heterocycles. The van der Waals surface area contributed by atoms with E-state index in [-0.39, 0.29) is 5.54 Å². The molecule has 4 nitrogen and oxygen atoms in total. The monoisotopic (exact) mass is 340 g/mol. The van der Waals surface area contributed by atoms with Gasteiger partial charge in [0.1, 0.15) is 0 Å². The summed E-state index contributed by atoms with van der Waals surface area (Å²) in [6, 6.07) is 4.93. The Bertz CT molecular complexity index is 571. The Morgan fingerprint density at radius 3 is 2.68 bits per heavy atom. The van der Waals surface area contributed by atoms with Gasteiger partial charge in [0.25, 0.3) is 0 Å². The van der Waals surface area contributed by atoms with Crippen molar-refractivity contribution >= 4 is 40.6 Å². The number of carbonyl (C=O) groups is 1. The molecule has 0 unspecified atom stereocenters. The van der Waals surface area contributed by atoms with Crippen LogP contribution in [0.15, 0.2) is 18.2 Å². The summed E-state index contributed by atoms with van der Waals surface area (Å²) in [6.45, 7) is 2.17. The van der Waals surface area contributed by atoms with Gasteiger partial charge in [-0.1, -0.05) is 31.4 Å². The number of hydrogen-bond acceptors (Lipinski definition) is 3. The molecule has 22 heavy (non-hydrogen) atoms. The number of anilines is 1. The molecule has 0 spiro atoms. The molecule has 0 aliphatic heterocycles. The minimum absolute atomic E-state index is 0.0799. The molecule has 0 bridgehead atoms. The lowest BCUT2D eigenvalue weighted by atomic mass is 9.95. The Kier molecular flexibility index (Phi) is 5.64. The first-order chi connectivity index (χ1) is 10.5. The molecule has 1 aliphatic carbocycles.